The first-order valence-corrected chi connectivity index (χ1v) is 11.7. The summed E-state index contributed by atoms with van der Waals surface area (Å²) in [4.78, 5) is 13.7. The van der Waals surface area contributed by atoms with Crippen molar-refractivity contribution in [2.45, 2.75) is 43.4 Å². The molecule has 0 radical (unpaired) electrons. The minimum atomic E-state index is -5.02. The highest BCUT2D eigenvalue weighted by atomic mass is 79.9. The molecule has 0 aromatic heterocycles. The van der Waals surface area contributed by atoms with E-state index in [0.29, 0.717) is 0 Å². The second kappa shape index (κ2) is 8.81. The van der Waals surface area contributed by atoms with Gasteiger partial charge in [-0.2, -0.15) is 4.31 Å². The number of benzene rings is 1. The number of hydrogen-bond donors (Lipinski definition) is 0. The molecule has 2 fully saturated rings. The van der Waals surface area contributed by atoms with Gasteiger partial charge in [-0.05, 0) is 31.0 Å². The molecule has 1 aromatic carbocycles. The first-order valence-electron chi connectivity index (χ1n) is 9.42. The zero-order chi connectivity index (χ0) is 21.2. The van der Waals surface area contributed by atoms with Gasteiger partial charge < -0.3 is 9.64 Å². The molecule has 0 bridgehead atoms. The molecule has 1 aromatic rings. The van der Waals surface area contributed by atoms with Crippen LogP contribution in [0.15, 0.2) is 27.6 Å². The summed E-state index contributed by atoms with van der Waals surface area (Å²) in [7, 11) is -4.21. The van der Waals surface area contributed by atoms with Crippen molar-refractivity contribution in [2.75, 3.05) is 26.2 Å². The van der Waals surface area contributed by atoms with E-state index in [-0.39, 0.29) is 42.5 Å². The van der Waals surface area contributed by atoms with Crippen LogP contribution < -0.4 is 4.74 Å². The maximum absolute atomic E-state index is 12.9. The number of piperazine rings is 1. The number of alkyl halides is 3. The molecule has 2 aliphatic rings. The van der Waals surface area contributed by atoms with Crippen LogP contribution in [0.5, 0.6) is 5.75 Å². The van der Waals surface area contributed by atoms with Crippen molar-refractivity contribution in [3.8, 4) is 5.75 Å². The first kappa shape index (κ1) is 22.4. The predicted octanol–water partition coefficient (Wildman–Crippen LogP) is 3.76. The highest BCUT2D eigenvalue weighted by Crippen LogP contribution is 2.34. The SMILES string of the molecule is O=C(C1CCCCC1)N1CCN(S(=O)(=O)c2ccc(Br)cc2OC(F)(F)F)CC1. The summed E-state index contributed by atoms with van der Waals surface area (Å²) in [5, 5.41) is 0. The molecular weight excluding hydrogens is 477 g/mol. The average molecular weight is 499 g/mol. The molecule has 3 rings (SSSR count). The van der Waals surface area contributed by atoms with E-state index in [0.717, 1.165) is 48.5 Å². The smallest absolute Gasteiger partial charge is 0.404 e. The summed E-state index contributed by atoms with van der Waals surface area (Å²) < 4.78 is 69.3. The van der Waals surface area contributed by atoms with Crippen LogP contribution in [-0.2, 0) is 14.8 Å². The lowest BCUT2D eigenvalue weighted by molar-refractivity contribution is -0.275. The molecule has 0 N–H and O–H groups in total. The van der Waals surface area contributed by atoms with Gasteiger partial charge in [0.25, 0.3) is 0 Å². The first-order chi connectivity index (χ1) is 13.6. The van der Waals surface area contributed by atoms with Crippen molar-refractivity contribution in [3.63, 3.8) is 0 Å². The van der Waals surface area contributed by atoms with Crippen LogP contribution in [0.25, 0.3) is 0 Å². The van der Waals surface area contributed by atoms with Gasteiger partial charge in [0, 0.05) is 36.6 Å². The van der Waals surface area contributed by atoms with E-state index in [2.05, 4.69) is 20.7 Å². The van der Waals surface area contributed by atoms with Crippen LogP contribution >= 0.6 is 15.9 Å². The second-order valence-electron chi connectivity index (χ2n) is 7.20. The molecule has 1 heterocycles. The summed E-state index contributed by atoms with van der Waals surface area (Å²) in [6, 6.07) is 3.41. The van der Waals surface area contributed by atoms with Gasteiger partial charge in [0.15, 0.2) is 5.75 Å². The fraction of sp³-hybridized carbons (Fsp3) is 0.611. The molecule has 0 atom stereocenters. The van der Waals surface area contributed by atoms with Gasteiger partial charge in [0.1, 0.15) is 4.90 Å². The fourth-order valence-corrected chi connectivity index (χ4v) is 5.65. The molecule has 6 nitrogen and oxygen atoms in total. The monoisotopic (exact) mass is 498 g/mol. The number of amides is 1. The van der Waals surface area contributed by atoms with Gasteiger partial charge in [0.2, 0.25) is 15.9 Å². The van der Waals surface area contributed by atoms with Crippen molar-refractivity contribution in [1.82, 2.24) is 9.21 Å². The largest absolute Gasteiger partial charge is 0.573 e. The molecular formula is C18H22BrF3N2O4S. The van der Waals surface area contributed by atoms with E-state index < -0.39 is 27.0 Å². The standard InChI is InChI=1S/C18H22BrF3N2O4S/c19-14-6-7-16(15(12-14)28-18(20,21)22)29(26,27)24-10-8-23(9-11-24)17(25)13-4-2-1-3-5-13/h6-7,12-13H,1-5,8-11H2. The van der Waals surface area contributed by atoms with Crippen LogP contribution in [-0.4, -0.2) is 56.1 Å². The molecule has 1 aliphatic heterocycles. The Morgan fingerprint density at radius 3 is 2.28 bits per heavy atom. The third-order valence-electron chi connectivity index (χ3n) is 5.25. The molecule has 1 saturated heterocycles. The van der Waals surface area contributed by atoms with Crippen LogP contribution in [0.1, 0.15) is 32.1 Å². The van der Waals surface area contributed by atoms with Gasteiger partial charge >= 0.3 is 6.36 Å². The van der Waals surface area contributed by atoms with E-state index in [9.17, 15) is 26.4 Å². The molecule has 0 unspecified atom stereocenters. The average Bonchev–Trinajstić information content (AvgIpc) is 2.67. The van der Waals surface area contributed by atoms with Crippen LogP contribution in [0.2, 0.25) is 0 Å². The summed E-state index contributed by atoms with van der Waals surface area (Å²) in [5.41, 5.74) is 0. The fourth-order valence-electron chi connectivity index (χ4n) is 3.80. The number of sulfonamides is 1. The Morgan fingerprint density at radius 1 is 1.07 bits per heavy atom. The molecule has 1 aliphatic carbocycles. The summed E-state index contributed by atoms with van der Waals surface area (Å²) >= 11 is 3.03. The maximum atomic E-state index is 12.9. The third kappa shape index (κ3) is 5.43. The highest BCUT2D eigenvalue weighted by Gasteiger charge is 2.37. The molecule has 1 saturated carbocycles. The molecule has 29 heavy (non-hydrogen) atoms. The van der Waals surface area contributed by atoms with E-state index in [1.807, 2.05) is 0 Å². The molecule has 162 valence electrons. The predicted molar refractivity (Wildman–Crippen MR) is 103 cm³/mol. The highest BCUT2D eigenvalue weighted by molar-refractivity contribution is 9.10. The van der Waals surface area contributed by atoms with Gasteiger partial charge in [-0.15, -0.1) is 13.2 Å². The van der Waals surface area contributed by atoms with Crippen molar-refractivity contribution in [3.05, 3.63) is 22.7 Å². The normalized spacial score (nSPS) is 19.9. The van der Waals surface area contributed by atoms with Crippen LogP contribution in [0.3, 0.4) is 0 Å². The van der Waals surface area contributed by atoms with Crippen LogP contribution in [0.4, 0.5) is 13.2 Å². The van der Waals surface area contributed by atoms with Gasteiger partial charge in [-0.3, -0.25) is 4.79 Å². The Bertz CT molecular complexity index is 849. The van der Waals surface area contributed by atoms with E-state index in [1.54, 1.807) is 4.90 Å². The quantitative estimate of drug-likeness (QED) is 0.633. The zero-order valence-corrected chi connectivity index (χ0v) is 18.0. The molecule has 11 heteroatoms. The summed E-state index contributed by atoms with van der Waals surface area (Å²) in [5.74, 6) is -0.746. The van der Waals surface area contributed by atoms with Crippen molar-refractivity contribution in [1.29, 1.82) is 0 Å². The Balaban J connectivity index is 1.72. The lowest BCUT2D eigenvalue weighted by Crippen LogP contribution is -2.52. The minimum Gasteiger partial charge on any atom is -0.404 e. The van der Waals surface area contributed by atoms with E-state index >= 15 is 0 Å². The topological polar surface area (TPSA) is 66.9 Å². The van der Waals surface area contributed by atoms with Gasteiger partial charge in [-0.1, -0.05) is 35.2 Å². The number of hydrogen-bond acceptors (Lipinski definition) is 4. The Morgan fingerprint density at radius 2 is 1.69 bits per heavy atom. The minimum absolute atomic E-state index is 0.00910. The number of carbonyl (C=O) groups excluding carboxylic acids is 1. The zero-order valence-electron chi connectivity index (χ0n) is 15.6. The lowest BCUT2D eigenvalue weighted by atomic mass is 9.88. The molecule has 1 amide bonds. The van der Waals surface area contributed by atoms with Crippen molar-refractivity contribution in [2.24, 2.45) is 5.92 Å². The van der Waals surface area contributed by atoms with Crippen molar-refractivity contribution >= 4 is 31.9 Å². The number of ether oxygens (including phenoxy) is 1. The summed E-state index contributed by atoms with van der Waals surface area (Å²) in [6.07, 6.45) is -0.128. The third-order valence-corrected chi connectivity index (χ3v) is 7.69. The lowest BCUT2D eigenvalue weighted by Gasteiger charge is -2.36. The van der Waals surface area contributed by atoms with Gasteiger partial charge in [0.05, 0.1) is 0 Å². The van der Waals surface area contributed by atoms with Gasteiger partial charge in [-0.25, -0.2) is 8.42 Å². The van der Waals surface area contributed by atoms with E-state index in [4.69, 9.17) is 0 Å². The molecule has 0 spiro atoms. The van der Waals surface area contributed by atoms with Crippen molar-refractivity contribution < 1.29 is 31.1 Å². The second-order valence-corrected chi connectivity index (χ2v) is 10.0. The number of halogens is 4. The Kier molecular flexibility index (Phi) is 6.79. The maximum Gasteiger partial charge on any atom is 0.573 e. The Hall–Kier alpha value is -1.33. The summed E-state index contributed by atoms with van der Waals surface area (Å²) in [6.45, 7) is 0.506. The number of nitrogens with zero attached hydrogens (tertiary/aromatic N) is 2. The number of rotatable bonds is 4. The number of carbonyl (C=O) groups is 1. The Labute approximate surface area is 176 Å². The van der Waals surface area contributed by atoms with E-state index in [1.165, 1.54) is 6.07 Å². The van der Waals surface area contributed by atoms with Crippen LogP contribution in [0, 0.1) is 5.92 Å².